The minimum atomic E-state index is -0.788. The number of fused-ring (bicyclic) bond motifs is 2. The molecule has 13 rings (SSSR count). The molecule has 0 aliphatic carbocycles. The third-order valence-corrected chi connectivity index (χ3v) is 24.6. The number of anilines is 6. The molecule has 2 aromatic heterocycles. The van der Waals surface area contributed by atoms with E-state index in [1.54, 1.807) is 24.3 Å². The molecule has 0 saturated carbocycles. The van der Waals surface area contributed by atoms with Crippen molar-refractivity contribution in [1.29, 1.82) is 0 Å². The molecule has 20 heteroatoms. The Morgan fingerprint density at radius 1 is 0.355 bits per heavy atom. The first-order chi connectivity index (χ1) is 57.6. The maximum atomic E-state index is 16.9. The number of ether oxygens (including phenoxy) is 2. The van der Waals surface area contributed by atoms with Crippen LogP contribution in [-0.4, -0.2) is 55.6 Å². The van der Waals surface area contributed by atoms with Gasteiger partial charge in [0.15, 0.2) is 0 Å². The van der Waals surface area contributed by atoms with Gasteiger partial charge >= 0.3 is 12.1 Å². The van der Waals surface area contributed by atoms with E-state index in [0.29, 0.717) is 111 Å². The zero-order chi connectivity index (χ0) is 90.9. The molecule has 0 bridgehead atoms. The van der Waals surface area contributed by atoms with E-state index in [9.17, 15) is 19.2 Å². The Bertz CT molecular complexity index is 5860. The summed E-state index contributed by atoms with van der Waals surface area (Å²) in [5, 5.41) is 15.6. The number of nitrogens with zero attached hydrogens (tertiary/aromatic N) is 4. The molecule has 124 heavy (non-hydrogen) atoms. The fourth-order valence-electron chi connectivity index (χ4n) is 17.6. The number of urea groups is 2. The molecule has 8 amide bonds. The van der Waals surface area contributed by atoms with Crippen LogP contribution in [0.25, 0.3) is 43.1 Å². The van der Waals surface area contributed by atoms with Crippen LogP contribution in [0.5, 0.6) is 23.0 Å². The average molecular weight is 1680 g/mol. The van der Waals surface area contributed by atoms with Gasteiger partial charge in [-0.2, -0.15) is 9.97 Å². The average Bonchev–Trinajstić information content (AvgIpc) is 0.676. The molecule has 0 spiro atoms. The Kier molecular flexibility index (Phi) is 23.7. The molecule has 0 fully saturated rings. The number of amides is 8. The Morgan fingerprint density at radius 2 is 0.669 bits per heavy atom. The predicted molar refractivity (Wildman–Crippen MR) is 506 cm³/mol. The van der Waals surface area contributed by atoms with Gasteiger partial charge in [0.2, 0.25) is 11.9 Å². The second-order valence-electron chi connectivity index (χ2n) is 42.5. The lowest BCUT2D eigenvalue weighted by Crippen LogP contribution is -2.42. The van der Waals surface area contributed by atoms with Gasteiger partial charge in [0.1, 0.15) is 23.0 Å². The number of carbonyl (C=O) groups excluding carboxylic acids is 6. The van der Waals surface area contributed by atoms with Gasteiger partial charge in [-0.25, -0.2) is 19.4 Å². The second-order valence-corrected chi connectivity index (χ2v) is 42.5. The summed E-state index contributed by atoms with van der Waals surface area (Å²) in [4.78, 5) is 140. The molecule has 4 heterocycles. The van der Waals surface area contributed by atoms with Crippen LogP contribution in [-0.2, 0) is 43.3 Å². The number of nitrogens with one attached hydrogen (secondary N) is 6. The molecule has 0 saturated heterocycles. The predicted octanol–water partition coefficient (Wildman–Crippen LogP) is 26.1. The van der Waals surface area contributed by atoms with Crippen LogP contribution in [0.2, 0.25) is 0 Å². The molecule has 2 aliphatic heterocycles. The highest BCUT2D eigenvalue weighted by molar-refractivity contribution is 6.47. The third-order valence-electron chi connectivity index (χ3n) is 24.6. The van der Waals surface area contributed by atoms with Crippen LogP contribution >= 0.6 is 0 Å². The molecule has 2 aliphatic rings. The first kappa shape index (κ1) is 90.2. The molecular formula is C104H126N10O10. The number of carbonyl (C=O) groups is 6. The smallest absolute Gasteiger partial charge is 0.326 e. The van der Waals surface area contributed by atoms with E-state index in [4.69, 9.17) is 9.47 Å². The van der Waals surface area contributed by atoms with Gasteiger partial charge in [-0.15, -0.1) is 0 Å². The van der Waals surface area contributed by atoms with Crippen LogP contribution < -0.4 is 51.7 Å². The van der Waals surface area contributed by atoms with Gasteiger partial charge in [0, 0.05) is 78.3 Å². The second kappa shape index (κ2) is 32.5. The molecule has 9 aromatic carbocycles. The summed E-state index contributed by atoms with van der Waals surface area (Å²) in [5.74, 6) is -0.902. The van der Waals surface area contributed by atoms with E-state index < -0.39 is 68.5 Å². The van der Waals surface area contributed by atoms with E-state index >= 15 is 19.2 Å². The lowest BCUT2D eigenvalue weighted by molar-refractivity contribution is 0.0877. The van der Waals surface area contributed by atoms with E-state index in [1.807, 2.05) is 144 Å². The van der Waals surface area contributed by atoms with Crippen molar-refractivity contribution >= 4 is 113 Å². The number of hydrogen-bond acceptors (Lipinski definition) is 12. The molecule has 6 N–H and O–H groups in total. The van der Waals surface area contributed by atoms with Crippen LogP contribution in [0, 0.1) is 0 Å². The van der Waals surface area contributed by atoms with Crippen molar-refractivity contribution in [1.82, 2.24) is 19.9 Å². The normalized spacial score (nSPS) is 14.3. The number of H-pyrrole nitrogens is 2. The zero-order valence-corrected chi connectivity index (χ0v) is 78.1. The SMILES string of the molecule is CCCCC(CC)c1cc(=O)nc(NC(=O)Nc2cc(C(C)(C)C)c(N3C(=O)c4ccc5c6c(Oc7cc(C(C)(C)C)cc(C(C)(C)C)c7)cc7c8c(ccc(c9c(Oc%10cc(C(C)(C)C)cc(C(C)(C)C)c%10)cc(c4c59)C3=O)c86)C(=O)N(c3cc(C(C)(C)C)c(NC(=O)Nc4nc(=O)cc(C(CC)CCCC)[nH]4)cc3C(C)(C)C)C7=O)cc2C(C)(C)C)[nH]1. The molecule has 20 nitrogen and oxygen atoms in total. The Balaban J connectivity index is 1.05. The lowest BCUT2D eigenvalue weighted by Gasteiger charge is -2.36. The quantitative estimate of drug-likeness (QED) is 0.0236. The number of aromatic amines is 2. The number of unbranched alkanes of at least 4 members (excludes halogenated alkanes) is 2. The van der Waals surface area contributed by atoms with Crippen molar-refractivity contribution in [2.75, 3.05) is 31.1 Å². The van der Waals surface area contributed by atoms with Gasteiger partial charge < -0.3 is 30.1 Å². The Labute approximate surface area is 730 Å². The fraction of sp³-hybridized carbons (Fsp3) is 0.442. The standard InChI is InChI=1S/C104H126N10O10/c1-29-33-35-55(31-3)73-53-81(115)109-93(105-73)111-95(121)107-75-49-71(103(23,24)25)77(51-69(75)101(17,18)19)113-89(117)65-39-37-63-86-80(124-62-45-59(99(11,12)13)42-60(46-62)100(14,15)16)48-68-84-66(40-38-64(88(84)86)85-79(47-67(91(113)119)83(65)87(63)85)123-61-43-57(97(5,6)7)41-58(44-61)98(8,9)10)90(118)114(92(68)120)78-52-70(102(20,21)22)76(50-72(78)104(26,27)28)108-96(122)112-94-106-74(54-82(116)110-94)56(32-4)36-34-30-2/h37-56H,29-36H2,1-28H3,(H3,105,107,109,111,115,121)(H3,106,108,110,112,116,122). The zero-order valence-electron chi connectivity index (χ0n) is 78.1. The highest BCUT2D eigenvalue weighted by Gasteiger charge is 2.45. The summed E-state index contributed by atoms with van der Waals surface area (Å²) >= 11 is 0. The highest BCUT2D eigenvalue weighted by atomic mass is 16.5. The maximum Gasteiger partial charge on any atom is 0.326 e. The van der Waals surface area contributed by atoms with Crippen molar-refractivity contribution in [3.05, 3.63) is 208 Å². The minimum Gasteiger partial charge on any atom is -0.457 e. The van der Waals surface area contributed by atoms with Gasteiger partial charge in [-0.1, -0.05) is 244 Å². The molecule has 2 atom stereocenters. The Hall–Kier alpha value is -11.5. The van der Waals surface area contributed by atoms with Gasteiger partial charge in [-0.05, 0) is 209 Å². The summed E-state index contributed by atoms with van der Waals surface area (Å²) in [6.45, 7) is 58.0. The van der Waals surface area contributed by atoms with Crippen LogP contribution in [0.1, 0.15) is 354 Å². The number of aromatic nitrogens is 4. The summed E-state index contributed by atoms with van der Waals surface area (Å²) in [6.07, 6.45) is 7.18. The van der Waals surface area contributed by atoms with Gasteiger partial charge in [0.25, 0.3) is 34.7 Å². The van der Waals surface area contributed by atoms with Crippen molar-refractivity contribution in [3.8, 4) is 23.0 Å². The van der Waals surface area contributed by atoms with Crippen molar-refractivity contribution < 1.29 is 38.2 Å². The van der Waals surface area contributed by atoms with E-state index in [2.05, 4.69) is 164 Å². The Morgan fingerprint density at radius 3 is 0.960 bits per heavy atom. The summed E-state index contributed by atoms with van der Waals surface area (Å²) in [7, 11) is 0. The van der Waals surface area contributed by atoms with E-state index in [-0.39, 0.29) is 79.1 Å². The molecule has 11 aromatic rings. The molecular weight excluding hydrogens is 1550 g/mol. The van der Waals surface area contributed by atoms with Crippen molar-refractivity contribution in [2.45, 2.75) is 300 Å². The van der Waals surface area contributed by atoms with Crippen LogP contribution in [0.3, 0.4) is 0 Å². The monoisotopic (exact) mass is 1670 g/mol. The topological polar surface area (TPSA) is 267 Å². The molecule has 0 radical (unpaired) electrons. The summed E-state index contributed by atoms with van der Waals surface area (Å²) in [5.41, 5.74) is 4.40. The van der Waals surface area contributed by atoms with Crippen LogP contribution in [0.15, 0.2) is 119 Å². The van der Waals surface area contributed by atoms with Crippen molar-refractivity contribution in [2.24, 2.45) is 0 Å². The first-order valence-electron chi connectivity index (χ1n) is 44.1. The van der Waals surface area contributed by atoms with Gasteiger partial charge in [0.05, 0.1) is 22.5 Å². The maximum absolute atomic E-state index is 16.9. The van der Waals surface area contributed by atoms with E-state index in [1.165, 1.54) is 21.9 Å². The first-order valence-corrected chi connectivity index (χ1v) is 44.1. The minimum absolute atomic E-state index is 0.00235. The van der Waals surface area contributed by atoms with Gasteiger partial charge in [-0.3, -0.25) is 39.4 Å². The van der Waals surface area contributed by atoms with Crippen LogP contribution in [0.4, 0.5) is 44.2 Å². The number of rotatable bonds is 20. The highest BCUT2D eigenvalue weighted by Crippen LogP contribution is 2.56. The fourth-order valence-corrected chi connectivity index (χ4v) is 17.6. The number of imide groups is 2. The molecule has 652 valence electrons. The number of benzene rings is 9. The van der Waals surface area contributed by atoms with Crippen molar-refractivity contribution in [3.63, 3.8) is 0 Å². The lowest BCUT2D eigenvalue weighted by atomic mass is 9.78. The third kappa shape index (κ3) is 17.6. The summed E-state index contributed by atoms with van der Waals surface area (Å²) < 4.78 is 15.2. The van der Waals surface area contributed by atoms with E-state index in [0.717, 1.165) is 73.6 Å². The largest absolute Gasteiger partial charge is 0.457 e. The summed E-state index contributed by atoms with van der Waals surface area (Å²) in [6, 6.07) is 32.3. The number of hydrogen-bond donors (Lipinski definition) is 6. The molecule has 2 unspecified atom stereocenters.